The average molecular weight is 456 g/mol. The monoisotopic (exact) mass is 455 g/mol. The van der Waals surface area contributed by atoms with E-state index in [9.17, 15) is 15.3 Å². The lowest BCUT2D eigenvalue weighted by Gasteiger charge is -2.30. The summed E-state index contributed by atoms with van der Waals surface area (Å²) in [6.45, 7) is 9.67. The Hall–Kier alpha value is -4.12. The number of aryl methyl sites for hydroxylation is 1. The van der Waals surface area contributed by atoms with Crippen LogP contribution in [0.15, 0.2) is 66.7 Å². The minimum absolute atomic E-state index is 0.204. The van der Waals surface area contributed by atoms with E-state index in [-0.39, 0.29) is 17.2 Å². The molecular weight excluding hydrogens is 426 g/mol. The second-order valence-electron chi connectivity index (χ2n) is 8.59. The van der Waals surface area contributed by atoms with Gasteiger partial charge in [0.25, 0.3) is 0 Å². The van der Waals surface area contributed by atoms with E-state index in [1.54, 1.807) is 30.3 Å². The quantitative estimate of drug-likeness (QED) is 0.289. The van der Waals surface area contributed by atoms with Gasteiger partial charge in [-0.05, 0) is 129 Å². The first kappa shape index (κ1) is 23.1. The predicted molar refractivity (Wildman–Crippen MR) is 136 cm³/mol. The maximum absolute atomic E-state index is 10.2. The maximum atomic E-state index is 10.2. The molecule has 0 aliphatic carbocycles. The number of hydrogen-bond donors (Lipinski definition) is 3. The molecule has 0 atom stereocenters. The fourth-order valence-electron chi connectivity index (χ4n) is 4.01. The molecule has 0 aromatic heterocycles. The van der Waals surface area contributed by atoms with Crippen molar-refractivity contribution in [1.82, 2.24) is 0 Å². The summed E-state index contributed by atoms with van der Waals surface area (Å²) in [7, 11) is 0. The van der Waals surface area contributed by atoms with Crippen LogP contribution in [0.4, 0.5) is 17.1 Å². The molecule has 4 aromatic carbocycles. The first-order valence-corrected chi connectivity index (χ1v) is 11.1. The van der Waals surface area contributed by atoms with Gasteiger partial charge < -0.3 is 25.0 Å². The van der Waals surface area contributed by atoms with Crippen molar-refractivity contribution in [3.63, 3.8) is 0 Å². The minimum Gasteiger partial charge on any atom is -0.508 e. The molecule has 0 saturated heterocycles. The van der Waals surface area contributed by atoms with E-state index >= 15 is 0 Å². The predicted octanol–water partition coefficient (Wildman–Crippen LogP) is 7.61. The number of aromatic hydroxyl groups is 3. The third kappa shape index (κ3) is 4.25. The summed E-state index contributed by atoms with van der Waals surface area (Å²) in [6, 6.07) is 20.0. The van der Waals surface area contributed by atoms with E-state index < -0.39 is 0 Å². The Morgan fingerprint density at radius 3 is 1.62 bits per heavy atom. The second kappa shape index (κ2) is 9.02. The van der Waals surface area contributed by atoms with Crippen molar-refractivity contribution >= 4 is 17.1 Å². The van der Waals surface area contributed by atoms with Gasteiger partial charge in [0.2, 0.25) is 0 Å². The Morgan fingerprint density at radius 2 is 1.12 bits per heavy atom. The second-order valence-corrected chi connectivity index (χ2v) is 8.59. The van der Waals surface area contributed by atoms with Gasteiger partial charge in [-0.1, -0.05) is 0 Å². The molecule has 4 aromatic rings. The molecule has 3 N–H and O–H groups in total. The molecule has 0 amide bonds. The molecule has 174 valence electrons. The highest BCUT2D eigenvalue weighted by Gasteiger charge is 2.20. The number of rotatable bonds is 5. The van der Waals surface area contributed by atoms with Crippen LogP contribution >= 0.6 is 0 Å². The molecule has 5 nitrogen and oxygen atoms in total. The molecule has 0 radical (unpaired) electrons. The lowest BCUT2D eigenvalue weighted by atomic mass is 10.0. The van der Waals surface area contributed by atoms with Gasteiger partial charge >= 0.3 is 0 Å². The van der Waals surface area contributed by atoms with Crippen molar-refractivity contribution in [2.24, 2.45) is 0 Å². The van der Waals surface area contributed by atoms with Crippen LogP contribution in [0.1, 0.15) is 27.8 Å². The summed E-state index contributed by atoms with van der Waals surface area (Å²) in [4.78, 5) is 2.12. The van der Waals surface area contributed by atoms with Gasteiger partial charge in [-0.2, -0.15) is 0 Å². The number of anilines is 3. The van der Waals surface area contributed by atoms with Crippen molar-refractivity contribution in [3.8, 4) is 28.7 Å². The van der Waals surface area contributed by atoms with E-state index in [4.69, 9.17) is 4.74 Å². The van der Waals surface area contributed by atoms with E-state index in [1.165, 1.54) is 0 Å². The standard InChI is InChI=1S/C29H29NO4/c1-17-16-23(31)8-15-29(17)34-24-9-6-22(7-10-24)30(25-11-13-27(32)20(4)18(25)2)26-12-14-28(33)21(5)19(26)3/h6-16,31-33H,1-5H3. The molecule has 0 spiro atoms. The summed E-state index contributed by atoms with van der Waals surface area (Å²) in [6.07, 6.45) is 0. The van der Waals surface area contributed by atoms with Crippen molar-refractivity contribution < 1.29 is 20.1 Å². The van der Waals surface area contributed by atoms with Gasteiger partial charge in [-0.15, -0.1) is 0 Å². The number of phenolic OH excluding ortho intramolecular Hbond substituents is 3. The summed E-state index contributed by atoms with van der Waals surface area (Å²) in [5.74, 6) is 2.07. The van der Waals surface area contributed by atoms with E-state index in [1.807, 2.05) is 71.0 Å². The third-order valence-corrected chi connectivity index (χ3v) is 6.42. The van der Waals surface area contributed by atoms with Crippen molar-refractivity contribution in [2.75, 3.05) is 4.90 Å². The lowest BCUT2D eigenvalue weighted by molar-refractivity contribution is 0.461. The minimum atomic E-state index is 0.204. The largest absolute Gasteiger partial charge is 0.508 e. The summed E-state index contributed by atoms with van der Waals surface area (Å²) in [5.41, 5.74) is 7.19. The van der Waals surface area contributed by atoms with Crippen LogP contribution in [0, 0.1) is 34.6 Å². The fraction of sp³-hybridized carbons (Fsp3) is 0.172. The van der Waals surface area contributed by atoms with E-state index in [0.29, 0.717) is 11.5 Å². The van der Waals surface area contributed by atoms with Crippen LogP contribution in [-0.4, -0.2) is 15.3 Å². The molecule has 0 bridgehead atoms. The zero-order chi connectivity index (χ0) is 24.6. The zero-order valence-electron chi connectivity index (χ0n) is 20.0. The van der Waals surface area contributed by atoms with Crippen LogP contribution < -0.4 is 9.64 Å². The van der Waals surface area contributed by atoms with Crippen molar-refractivity contribution in [1.29, 1.82) is 0 Å². The SMILES string of the molecule is Cc1cc(O)ccc1Oc1ccc(N(c2ccc(O)c(C)c2C)c2ccc(O)c(C)c2C)cc1. The maximum Gasteiger partial charge on any atom is 0.130 e. The van der Waals surface area contributed by atoms with Gasteiger partial charge in [0.1, 0.15) is 28.7 Å². The Labute approximate surface area is 200 Å². The average Bonchev–Trinajstić information content (AvgIpc) is 2.81. The van der Waals surface area contributed by atoms with Crippen LogP contribution in [0.2, 0.25) is 0 Å². The third-order valence-electron chi connectivity index (χ3n) is 6.42. The van der Waals surface area contributed by atoms with Crippen molar-refractivity contribution in [3.05, 3.63) is 94.5 Å². The molecule has 34 heavy (non-hydrogen) atoms. The fourth-order valence-corrected chi connectivity index (χ4v) is 4.01. The van der Waals surface area contributed by atoms with Crippen LogP contribution in [0.5, 0.6) is 28.7 Å². The number of benzene rings is 4. The van der Waals surface area contributed by atoms with Crippen LogP contribution in [0.3, 0.4) is 0 Å². The molecule has 0 heterocycles. The normalized spacial score (nSPS) is 10.9. The molecule has 5 heteroatoms. The molecule has 0 saturated carbocycles. The lowest BCUT2D eigenvalue weighted by Crippen LogP contribution is -2.13. The molecule has 0 aliphatic heterocycles. The first-order valence-electron chi connectivity index (χ1n) is 11.1. The number of phenols is 3. The smallest absolute Gasteiger partial charge is 0.130 e. The molecule has 0 fully saturated rings. The summed E-state index contributed by atoms with van der Waals surface area (Å²) in [5, 5.41) is 30.1. The van der Waals surface area contributed by atoms with Gasteiger partial charge in [0.05, 0.1) is 0 Å². The van der Waals surface area contributed by atoms with Gasteiger partial charge in [-0.25, -0.2) is 0 Å². The number of hydrogen-bond acceptors (Lipinski definition) is 5. The van der Waals surface area contributed by atoms with Crippen LogP contribution in [0.25, 0.3) is 0 Å². The van der Waals surface area contributed by atoms with Gasteiger partial charge in [0, 0.05) is 17.1 Å². The molecule has 4 rings (SSSR count). The molecule has 0 aliphatic rings. The van der Waals surface area contributed by atoms with E-state index in [2.05, 4.69) is 4.90 Å². The Morgan fingerprint density at radius 1 is 0.588 bits per heavy atom. The molecular formula is C29H29NO4. The van der Waals surface area contributed by atoms with Gasteiger partial charge in [-0.3, -0.25) is 0 Å². The summed E-state index contributed by atoms with van der Waals surface area (Å²) >= 11 is 0. The number of nitrogens with zero attached hydrogens (tertiary/aromatic N) is 1. The highest BCUT2D eigenvalue weighted by atomic mass is 16.5. The Balaban J connectivity index is 1.80. The highest BCUT2D eigenvalue weighted by molar-refractivity contribution is 5.82. The highest BCUT2D eigenvalue weighted by Crippen LogP contribution is 2.43. The van der Waals surface area contributed by atoms with Crippen molar-refractivity contribution in [2.45, 2.75) is 34.6 Å². The summed E-state index contributed by atoms with van der Waals surface area (Å²) < 4.78 is 6.03. The van der Waals surface area contributed by atoms with Gasteiger partial charge in [0.15, 0.2) is 0 Å². The Kier molecular flexibility index (Phi) is 6.12. The number of ether oxygens (including phenoxy) is 1. The zero-order valence-corrected chi connectivity index (χ0v) is 20.0. The van der Waals surface area contributed by atoms with E-state index in [0.717, 1.165) is 44.9 Å². The van der Waals surface area contributed by atoms with Crippen LogP contribution in [-0.2, 0) is 0 Å². The topological polar surface area (TPSA) is 73.2 Å². The Bertz CT molecular complexity index is 1300. The first-order chi connectivity index (χ1) is 16.2. The molecule has 0 unspecified atom stereocenters.